The van der Waals surface area contributed by atoms with Crippen molar-refractivity contribution in [2.45, 2.75) is 0 Å². The van der Waals surface area contributed by atoms with Crippen LogP contribution >= 0.6 is 0 Å². The normalized spacial score (nSPS) is 11.5. The fourth-order valence-electron chi connectivity index (χ4n) is 1.28. The maximum absolute atomic E-state index is 10.8. The van der Waals surface area contributed by atoms with E-state index in [1.165, 1.54) is 12.1 Å². The number of ether oxygens (including phenoxy) is 2. The molecule has 16 heavy (non-hydrogen) atoms. The van der Waals surface area contributed by atoms with Gasteiger partial charge in [0, 0.05) is 23.1 Å². The Labute approximate surface area is 90.6 Å². The summed E-state index contributed by atoms with van der Waals surface area (Å²) in [6.07, 6.45) is 0.591. The highest BCUT2D eigenvalue weighted by Gasteiger charge is 2.16. The predicted molar refractivity (Wildman–Crippen MR) is 52.5 cm³/mol. The van der Waals surface area contributed by atoms with Gasteiger partial charge in [-0.2, -0.15) is 0 Å². The largest absolute Gasteiger partial charge is 0.472 e. The topological polar surface area (TPSA) is 72.8 Å². The van der Waals surface area contributed by atoms with Gasteiger partial charge in [0.05, 0.1) is 0 Å². The van der Waals surface area contributed by atoms with Gasteiger partial charge < -0.3 is 14.6 Å². The van der Waals surface area contributed by atoms with Crippen molar-refractivity contribution >= 4 is 12.3 Å². The summed E-state index contributed by atoms with van der Waals surface area (Å²) in [5, 5.41) is 8.41. The minimum Gasteiger partial charge on any atom is -0.472 e. The third-order valence-electron chi connectivity index (χ3n) is 1.98. The zero-order valence-electron chi connectivity index (χ0n) is 8.02. The molecular formula is C11H6O5. The van der Waals surface area contributed by atoms with E-state index in [9.17, 15) is 9.59 Å². The van der Waals surface area contributed by atoms with Crippen LogP contribution < -0.4 is 9.47 Å². The summed E-state index contributed by atoms with van der Waals surface area (Å²) in [5.41, 5.74) is 0.583. The molecule has 1 heterocycles. The molecule has 0 fully saturated rings. The fraction of sp³-hybridized carbons (Fsp3) is 0.0909. The number of aliphatic carboxylic acids is 1. The lowest BCUT2D eigenvalue weighted by atomic mass is 10.1. The highest BCUT2D eigenvalue weighted by atomic mass is 16.7. The molecule has 0 amide bonds. The molecule has 1 aliphatic rings. The molecule has 1 aromatic carbocycles. The number of benzene rings is 1. The Morgan fingerprint density at radius 3 is 2.69 bits per heavy atom. The first kappa shape index (κ1) is 10.1. The van der Waals surface area contributed by atoms with Gasteiger partial charge in [-0.15, -0.1) is 0 Å². The first-order chi connectivity index (χ1) is 7.70. The Morgan fingerprint density at radius 2 is 2.06 bits per heavy atom. The minimum atomic E-state index is -1.26. The van der Waals surface area contributed by atoms with Crippen molar-refractivity contribution in [2.75, 3.05) is 6.79 Å². The maximum atomic E-state index is 10.8. The van der Waals surface area contributed by atoms with Crippen LogP contribution in [0.3, 0.4) is 0 Å². The van der Waals surface area contributed by atoms with Gasteiger partial charge >= 0.3 is 5.97 Å². The zero-order valence-corrected chi connectivity index (χ0v) is 8.02. The van der Waals surface area contributed by atoms with E-state index in [1.807, 2.05) is 5.92 Å². The van der Waals surface area contributed by atoms with Crippen LogP contribution in [0.15, 0.2) is 12.1 Å². The number of rotatable bonds is 1. The van der Waals surface area contributed by atoms with E-state index in [0.717, 1.165) is 0 Å². The third-order valence-corrected chi connectivity index (χ3v) is 1.98. The number of fused-ring (bicyclic) bond motifs is 1. The smallest absolute Gasteiger partial charge is 0.382 e. The second-order valence-electron chi connectivity index (χ2n) is 2.97. The average molecular weight is 218 g/mol. The lowest BCUT2D eigenvalue weighted by Gasteiger charge is -1.99. The Morgan fingerprint density at radius 1 is 1.38 bits per heavy atom. The highest BCUT2D eigenvalue weighted by molar-refractivity contribution is 5.89. The molecule has 5 nitrogen and oxygen atoms in total. The van der Waals surface area contributed by atoms with Crippen LogP contribution in [0.1, 0.15) is 15.9 Å². The third kappa shape index (κ3) is 1.81. The van der Waals surface area contributed by atoms with Crippen LogP contribution in [-0.2, 0) is 4.79 Å². The molecule has 2 rings (SSSR count). The summed E-state index contributed by atoms with van der Waals surface area (Å²) in [4.78, 5) is 21.0. The van der Waals surface area contributed by atoms with E-state index >= 15 is 0 Å². The Kier molecular flexibility index (Phi) is 2.48. The first-order valence-electron chi connectivity index (χ1n) is 4.34. The molecule has 0 unspecified atom stereocenters. The van der Waals surface area contributed by atoms with E-state index < -0.39 is 5.97 Å². The molecule has 0 saturated carbocycles. The van der Waals surface area contributed by atoms with Gasteiger partial charge in [0.15, 0.2) is 17.8 Å². The molecule has 1 aliphatic heterocycles. The second kappa shape index (κ2) is 3.95. The Bertz CT molecular complexity index is 521. The van der Waals surface area contributed by atoms with Gasteiger partial charge in [0.25, 0.3) is 0 Å². The lowest BCUT2D eigenvalue weighted by Crippen LogP contribution is -1.92. The van der Waals surface area contributed by atoms with Gasteiger partial charge in [0.1, 0.15) is 0 Å². The lowest BCUT2D eigenvalue weighted by molar-refractivity contribution is -0.130. The van der Waals surface area contributed by atoms with Gasteiger partial charge in [-0.3, -0.25) is 4.79 Å². The fourth-order valence-corrected chi connectivity index (χ4v) is 1.28. The quantitative estimate of drug-likeness (QED) is 0.553. The van der Waals surface area contributed by atoms with Crippen LogP contribution in [0.4, 0.5) is 0 Å². The average Bonchev–Trinajstić information content (AvgIpc) is 2.71. The van der Waals surface area contributed by atoms with Crippen molar-refractivity contribution in [1.82, 2.24) is 0 Å². The van der Waals surface area contributed by atoms with Gasteiger partial charge in [-0.25, -0.2) is 4.79 Å². The molecule has 0 aromatic heterocycles. The van der Waals surface area contributed by atoms with Crippen LogP contribution in [0, 0.1) is 11.8 Å². The van der Waals surface area contributed by atoms with E-state index in [-0.39, 0.29) is 12.4 Å². The summed E-state index contributed by atoms with van der Waals surface area (Å²) >= 11 is 0. The van der Waals surface area contributed by atoms with Crippen LogP contribution in [0.5, 0.6) is 11.5 Å². The van der Waals surface area contributed by atoms with Crippen molar-refractivity contribution < 1.29 is 24.2 Å². The van der Waals surface area contributed by atoms with Crippen molar-refractivity contribution in [3.8, 4) is 23.3 Å². The van der Waals surface area contributed by atoms with Crippen molar-refractivity contribution in [3.63, 3.8) is 0 Å². The summed E-state index contributed by atoms with van der Waals surface area (Å²) < 4.78 is 10.2. The number of carboxylic acids is 1. The van der Waals surface area contributed by atoms with E-state index in [4.69, 9.17) is 14.6 Å². The van der Waals surface area contributed by atoms with Crippen molar-refractivity contribution in [3.05, 3.63) is 23.3 Å². The van der Waals surface area contributed by atoms with Crippen molar-refractivity contribution in [1.29, 1.82) is 0 Å². The number of hydrogen-bond acceptors (Lipinski definition) is 4. The summed E-state index contributed by atoms with van der Waals surface area (Å²) in [6, 6.07) is 2.96. The highest BCUT2D eigenvalue weighted by Crippen LogP contribution is 2.34. The summed E-state index contributed by atoms with van der Waals surface area (Å²) in [7, 11) is 0. The minimum absolute atomic E-state index is 0.0867. The van der Waals surface area contributed by atoms with Crippen LogP contribution in [-0.4, -0.2) is 24.2 Å². The van der Waals surface area contributed by atoms with Crippen molar-refractivity contribution in [2.24, 2.45) is 0 Å². The standard InChI is InChI=1S/C11H6O5/c12-5-8-4-10-9(15-6-16-10)3-7(8)1-2-11(13)14/h3-5H,6H2,(H,13,14). The summed E-state index contributed by atoms with van der Waals surface area (Å²) in [5.74, 6) is 3.98. The molecule has 0 spiro atoms. The molecule has 1 aromatic rings. The van der Waals surface area contributed by atoms with E-state index in [0.29, 0.717) is 23.3 Å². The molecule has 1 N–H and O–H groups in total. The molecule has 0 radical (unpaired) electrons. The Hall–Kier alpha value is -2.48. The summed E-state index contributed by atoms with van der Waals surface area (Å²) in [6.45, 7) is 0.0867. The van der Waals surface area contributed by atoms with Gasteiger partial charge in [-0.05, 0) is 6.07 Å². The van der Waals surface area contributed by atoms with Gasteiger partial charge in [-0.1, -0.05) is 5.92 Å². The number of carbonyl (C=O) groups excluding carboxylic acids is 1. The molecule has 5 heteroatoms. The SMILES string of the molecule is O=Cc1cc2c(cc1C#CC(=O)O)OCO2. The molecule has 0 bridgehead atoms. The molecule has 80 valence electrons. The number of carboxylic acid groups (broad SMARTS) is 1. The van der Waals surface area contributed by atoms with E-state index in [1.54, 1.807) is 0 Å². The molecule has 0 saturated heterocycles. The maximum Gasteiger partial charge on any atom is 0.382 e. The second-order valence-corrected chi connectivity index (χ2v) is 2.97. The predicted octanol–water partition coefficient (Wildman–Crippen LogP) is 0.664. The van der Waals surface area contributed by atoms with E-state index in [2.05, 4.69) is 5.92 Å². The first-order valence-corrected chi connectivity index (χ1v) is 4.34. The number of carbonyl (C=O) groups is 2. The van der Waals surface area contributed by atoms with Gasteiger partial charge in [0.2, 0.25) is 6.79 Å². The monoisotopic (exact) mass is 218 g/mol. The number of aldehydes is 1. The molecular weight excluding hydrogens is 212 g/mol. The molecule has 0 aliphatic carbocycles. The molecule has 0 atom stereocenters. The van der Waals surface area contributed by atoms with Crippen LogP contribution in [0.2, 0.25) is 0 Å². The zero-order chi connectivity index (χ0) is 11.5. The van der Waals surface area contributed by atoms with Crippen LogP contribution in [0.25, 0.3) is 0 Å². The number of hydrogen-bond donors (Lipinski definition) is 1. The Balaban J connectivity index is 2.49.